The summed E-state index contributed by atoms with van der Waals surface area (Å²) in [6.45, 7) is 1.38. The van der Waals surface area contributed by atoms with Crippen LogP contribution in [0, 0.1) is 5.92 Å². The van der Waals surface area contributed by atoms with Crippen molar-refractivity contribution in [3.8, 4) is 0 Å². The molecule has 102 valence electrons. The van der Waals surface area contributed by atoms with Crippen LogP contribution in [-0.4, -0.2) is 43.0 Å². The quantitative estimate of drug-likeness (QED) is 0.774. The number of urea groups is 1. The molecule has 18 heavy (non-hydrogen) atoms. The zero-order valence-electron chi connectivity index (χ0n) is 11.1. The van der Waals surface area contributed by atoms with Gasteiger partial charge in [0.1, 0.15) is 0 Å². The first-order valence-corrected chi connectivity index (χ1v) is 6.97. The summed E-state index contributed by atoms with van der Waals surface area (Å²) in [5.74, 6) is 0.177. The van der Waals surface area contributed by atoms with Gasteiger partial charge in [0, 0.05) is 32.1 Å². The first-order valence-electron chi connectivity index (χ1n) is 6.97. The van der Waals surface area contributed by atoms with Crippen LogP contribution in [0.1, 0.15) is 38.5 Å². The summed E-state index contributed by atoms with van der Waals surface area (Å²) >= 11 is 0. The summed E-state index contributed by atoms with van der Waals surface area (Å²) < 4.78 is 0. The van der Waals surface area contributed by atoms with Crippen LogP contribution in [0.3, 0.4) is 0 Å². The number of hydrogen-bond acceptors (Lipinski definition) is 2. The van der Waals surface area contributed by atoms with Gasteiger partial charge in [0.2, 0.25) is 5.91 Å². The van der Waals surface area contributed by atoms with E-state index >= 15 is 0 Å². The molecule has 5 nitrogen and oxygen atoms in total. The number of rotatable bonds is 2. The number of carbonyl (C=O) groups excluding carboxylic acids is 2. The molecule has 0 radical (unpaired) electrons. The Morgan fingerprint density at radius 1 is 1.06 bits per heavy atom. The van der Waals surface area contributed by atoms with Gasteiger partial charge >= 0.3 is 6.03 Å². The molecule has 1 saturated heterocycles. The Balaban J connectivity index is 1.74. The van der Waals surface area contributed by atoms with Gasteiger partial charge in [-0.3, -0.25) is 4.79 Å². The molecule has 0 unspecified atom stereocenters. The molecular weight excluding hydrogens is 230 g/mol. The standard InChI is InChI=1S/C13H23N3O2/c1-14-12(17)10-6-8-16(9-7-10)13(18)15-11-4-2-3-5-11/h10-11H,2-9H2,1H3,(H,14,17)(H,15,18). The molecule has 0 spiro atoms. The lowest BCUT2D eigenvalue weighted by Gasteiger charge is -2.32. The topological polar surface area (TPSA) is 61.4 Å². The number of amides is 3. The van der Waals surface area contributed by atoms with Gasteiger partial charge in [0.25, 0.3) is 0 Å². The Morgan fingerprint density at radius 3 is 2.22 bits per heavy atom. The lowest BCUT2D eigenvalue weighted by molar-refractivity contribution is -0.125. The SMILES string of the molecule is CNC(=O)C1CCN(C(=O)NC2CCCC2)CC1. The predicted molar refractivity (Wildman–Crippen MR) is 69.2 cm³/mol. The molecule has 2 rings (SSSR count). The fourth-order valence-electron chi connectivity index (χ4n) is 2.88. The molecule has 0 bridgehead atoms. The molecule has 0 aromatic carbocycles. The minimum absolute atomic E-state index is 0.0530. The van der Waals surface area contributed by atoms with Crippen molar-refractivity contribution in [1.82, 2.24) is 15.5 Å². The number of likely N-dealkylation sites (tertiary alicyclic amines) is 1. The van der Waals surface area contributed by atoms with Crippen molar-refractivity contribution in [2.24, 2.45) is 5.92 Å². The Labute approximate surface area is 108 Å². The molecule has 1 heterocycles. The van der Waals surface area contributed by atoms with E-state index in [2.05, 4.69) is 10.6 Å². The molecule has 0 aromatic rings. The van der Waals surface area contributed by atoms with E-state index in [0.717, 1.165) is 25.7 Å². The van der Waals surface area contributed by atoms with Gasteiger partial charge in [0.15, 0.2) is 0 Å². The lowest BCUT2D eigenvalue weighted by atomic mass is 9.96. The summed E-state index contributed by atoms with van der Waals surface area (Å²) in [6, 6.07) is 0.423. The zero-order valence-corrected chi connectivity index (χ0v) is 11.1. The third-order valence-electron chi connectivity index (χ3n) is 4.08. The van der Waals surface area contributed by atoms with E-state index in [0.29, 0.717) is 19.1 Å². The van der Waals surface area contributed by atoms with Crippen molar-refractivity contribution >= 4 is 11.9 Å². The molecule has 2 N–H and O–H groups in total. The Bertz CT molecular complexity index is 305. The average Bonchev–Trinajstić information content (AvgIpc) is 2.91. The number of nitrogens with one attached hydrogen (secondary N) is 2. The Kier molecular flexibility index (Phi) is 4.44. The van der Waals surface area contributed by atoms with Crippen molar-refractivity contribution < 1.29 is 9.59 Å². The van der Waals surface area contributed by atoms with Gasteiger partial charge in [0.05, 0.1) is 0 Å². The van der Waals surface area contributed by atoms with Crippen LogP contribution < -0.4 is 10.6 Å². The van der Waals surface area contributed by atoms with Gasteiger partial charge in [-0.1, -0.05) is 12.8 Å². The van der Waals surface area contributed by atoms with Crippen LogP contribution in [0.5, 0.6) is 0 Å². The largest absolute Gasteiger partial charge is 0.359 e. The summed E-state index contributed by atoms with van der Waals surface area (Å²) in [4.78, 5) is 25.4. The third-order valence-corrected chi connectivity index (χ3v) is 4.08. The van der Waals surface area contributed by atoms with Gasteiger partial charge < -0.3 is 15.5 Å². The van der Waals surface area contributed by atoms with E-state index in [4.69, 9.17) is 0 Å². The summed E-state index contributed by atoms with van der Waals surface area (Å²) in [7, 11) is 1.67. The van der Waals surface area contributed by atoms with Crippen molar-refractivity contribution in [3.63, 3.8) is 0 Å². The molecule has 1 aliphatic heterocycles. The first kappa shape index (κ1) is 13.2. The summed E-state index contributed by atoms with van der Waals surface area (Å²) in [6.07, 6.45) is 6.23. The fourth-order valence-corrected chi connectivity index (χ4v) is 2.88. The molecule has 2 fully saturated rings. The second-order valence-corrected chi connectivity index (χ2v) is 5.31. The lowest BCUT2D eigenvalue weighted by Crippen LogP contribution is -2.48. The molecule has 5 heteroatoms. The second-order valence-electron chi connectivity index (χ2n) is 5.31. The molecule has 3 amide bonds. The highest BCUT2D eigenvalue weighted by Gasteiger charge is 2.28. The highest BCUT2D eigenvalue weighted by atomic mass is 16.2. The molecule has 1 aliphatic carbocycles. The van der Waals surface area contributed by atoms with Crippen LogP contribution in [-0.2, 0) is 4.79 Å². The molecule has 1 saturated carbocycles. The molecule has 0 atom stereocenters. The van der Waals surface area contributed by atoms with Gasteiger partial charge in [-0.2, -0.15) is 0 Å². The van der Waals surface area contributed by atoms with E-state index < -0.39 is 0 Å². The zero-order chi connectivity index (χ0) is 13.0. The van der Waals surface area contributed by atoms with Crippen LogP contribution >= 0.6 is 0 Å². The fraction of sp³-hybridized carbons (Fsp3) is 0.846. The van der Waals surface area contributed by atoms with Crippen LogP contribution in [0.2, 0.25) is 0 Å². The number of carbonyl (C=O) groups is 2. The van der Waals surface area contributed by atoms with Crippen molar-refractivity contribution in [2.75, 3.05) is 20.1 Å². The smallest absolute Gasteiger partial charge is 0.317 e. The number of piperidine rings is 1. The van der Waals surface area contributed by atoms with Crippen molar-refractivity contribution in [1.29, 1.82) is 0 Å². The van der Waals surface area contributed by atoms with E-state index in [1.54, 1.807) is 7.05 Å². The Hall–Kier alpha value is -1.26. The molecule has 2 aliphatic rings. The minimum Gasteiger partial charge on any atom is -0.359 e. The maximum Gasteiger partial charge on any atom is 0.317 e. The molecular formula is C13H23N3O2. The minimum atomic E-state index is 0.0530. The highest BCUT2D eigenvalue weighted by molar-refractivity contribution is 5.79. The van der Waals surface area contributed by atoms with Gasteiger partial charge in [-0.25, -0.2) is 4.79 Å². The second kappa shape index (κ2) is 6.07. The molecule has 0 aromatic heterocycles. The van der Waals surface area contributed by atoms with E-state index in [1.165, 1.54) is 12.8 Å². The monoisotopic (exact) mass is 253 g/mol. The maximum absolute atomic E-state index is 12.0. The van der Waals surface area contributed by atoms with E-state index in [1.807, 2.05) is 4.90 Å². The summed E-state index contributed by atoms with van der Waals surface area (Å²) in [5.41, 5.74) is 0. The van der Waals surface area contributed by atoms with Crippen LogP contribution in [0.4, 0.5) is 4.79 Å². The number of hydrogen-bond donors (Lipinski definition) is 2. The summed E-state index contributed by atoms with van der Waals surface area (Å²) in [5, 5.41) is 5.77. The van der Waals surface area contributed by atoms with E-state index in [9.17, 15) is 9.59 Å². The highest BCUT2D eigenvalue weighted by Crippen LogP contribution is 2.20. The maximum atomic E-state index is 12.0. The predicted octanol–water partition coefficient (Wildman–Crippen LogP) is 1.10. The van der Waals surface area contributed by atoms with Crippen molar-refractivity contribution in [2.45, 2.75) is 44.6 Å². The third kappa shape index (κ3) is 3.15. The van der Waals surface area contributed by atoms with Crippen LogP contribution in [0.25, 0.3) is 0 Å². The number of nitrogens with zero attached hydrogens (tertiary/aromatic N) is 1. The average molecular weight is 253 g/mol. The first-order chi connectivity index (χ1) is 8.70. The Morgan fingerprint density at radius 2 is 1.67 bits per heavy atom. The van der Waals surface area contributed by atoms with E-state index in [-0.39, 0.29) is 17.9 Å². The van der Waals surface area contributed by atoms with Crippen LogP contribution in [0.15, 0.2) is 0 Å². The van der Waals surface area contributed by atoms with Crippen molar-refractivity contribution in [3.05, 3.63) is 0 Å². The van der Waals surface area contributed by atoms with Gasteiger partial charge in [-0.15, -0.1) is 0 Å². The normalized spacial score (nSPS) is 21.9. The van der Waals surface area contributed by atoms with Gasteiger partial charge in [-0.05, 0) is 25.7 Å².